The average molecular weight is 671 g/mol. The van der Waals surface area contributed by atoms with Gasteiger partial charge in [0.2, 0.25) is 0 Å². The summed E-state index contributed by atoms with van der Waals surface area (Å²) in [5.74, 6) is -0.694. The average Bonchev–Trinajstić information content (AvgIpc) is 2.80. The molecule has 0 bridgehead atoms. The minimum absolute atomic E-state index is 0. The van der Waals surface area contributed by atoms with Crippen LogP contribution in [0.1, 0.15) is 5.56 Å². The maximum atomic E-state index is 12.3. The van der Waals surface area contributed by atoms with Gasteiger partial charge in [-0.05, 0) is 55.0 Å². The molecule has 0 atom stereocenters. The summed E-state index contributed by atoms with van der Waals surface area (Å²) in [7, 11) is -18.1. The van der Waals surface area contributed by atoms with E-state index in [-0.39, 0.29) is 53.2 Å². The number of anilines is 1. The fraction of sp³-hybridized carbons (Fsp3) is 0.368. The third-order valence-electron chi connectivity index (χ3n) is 4.79. The Morgan fingerprint density at radius 3 is 1.66 bits per heavy atom. The van der Waals surface area contributed by atoms with Gasteiger partial charge in [-0.2, -0.15) is 35.5 Å². The van der Waals surface area contributed by atoms with Crippen LogP contribution in [0, 0.1) is 6.92 Å². The molecule has 17 nitrogen and oxygen atoms in total. The third-order valence-corrected chi connectivity index (χ3v) is 7.87. The normalized spacial score (nSPS) is 12.8. The van der Waals surface area contributed by atoms with Crippen LogP contribution in [0.3, 0.4) is 0 Å². The van der Waals surface area contributed by atoms with Crippen LogP contribution in [0.5, 0.6) is 0 Å². The van der Waals surface area contributed by atoms with Crippen LogP contribution in [0.4, 0.5) is 17.1 Å². The number of benzene rings is 2. The van der Waals surface area contributed by atoms with E-state index in [0.29, 0.717) is 16.9 Å². The second-order valence-electron chi connectivity index (χ2n) is 7.72. The van der Waals surface area contributed by atoms with E-state index in [1.54, 1.807) is 25.1 Å². The fourth-order valence-electron chi connectivity index (χ4n) is 3.02. The number of nitrogens with zero attached hydrogens (tertiary/aromatic N) is 3. The van der Waals surface area contributed by atoms with Crippen LogP contribution >= 0.6 is 0 Å². The van der Waals surface area contributed by atoms with Crippen LogP contribution < -0.4 is 4.90 Å². The van der Waals surface area contributed by atoms with E-state index in [0.717, 1.165) is 0 Å². The number of sulfone groups is 1. The molecule has 2 aromatic rings. The Balaban J connectivity index is 0.00000840. The van der Waals surface area contributed by atoms with Crippen LogP contribution in [0.2, 0.25) is 0 Å². The van der Waals surface area contributed by atoms with E-state index in [4.69, 9.17) is 13.7 Å². The Kier molecular flexibility index (Phi) is 14.4. The molecular weight excluding hydrogens is 645 g/mol. The molecule has 1 radical (unpaired) electrons. The van der Waals surface area contributed by atoms with Gasteiger partial charge in [0.05, 0.1) is 41.8 Å². The molecule has 3 N–H and O–H groups in total. The molecule has 0 spiro atoms. The van der Waals surface area contributed by atoms with Gasteiger partial charge in [0.1, 0.15) is 0 Å². The van der Waals surface area contributed by atoms with Crippen molar-refractivity contribution in [1.29, 1.82) is 0 Å². The van der Waals surface area contributed by atoms with E-state index < -0.39 is 66.6 Å². The van der Waals surface area contributed by atoms with Crippen molar-refractivity contribution in [3.8, 4) is 0 Å². The summed E-state index contributed by atoms with van der Waals surface area (Å²) in [6.45, 7) is -0.298. The van der Waals surface area contributed by atoms with Crippen molar-refractivity contribution in [3.63, 3.8) is 0 Å². The van der Waals surface area contributed by atoms with Crippen LogP contribution in [0.25, 0.3) is 0 Å². The minimum Gasteiger partial charge on any atom is -0.367 e. The summed E-state index contributed by atoms with van der Waals surface area (Å²) in [6, 6.07) is 9.88. The minimum atomic E-state index is -4.77. The third kappa shape index (κ3) is 14.9. The van der Waals surface area contributed by atoms with E-state index in [9.17, 15) is 33.7 Å². The van der Waals surface area contributed by atoms with Crippen molar-refractivity contribution in [2.24, 2.45) is 10.2 Å². The van der Waals surface area contributed by atoms with Gasteiger partial charge >= 0.3 is 31.2 Å². The molecule has 0 amide bonds. The monoisotopic (exact) mass is 670 g/mol. The molecule has 41 heavy (non-hydrogen) atoms. The molecule has 2 aromatic carbocycles. The Morgan fingerprint density at radius 1 is 0.707 bits per heavy atom. The number of aryl methyl sites for hydroxylation is 1. The van der Waals surface area contributed by atoms with Crippen LogP contribution in [-0.4, -0.2) is 116 Å². The van der Waals surface area contributed by atoms with Gasteiger partial charge in [0, 0.05) is 48.3 Å². The quantitative estimate of drug-likeness (QED) is 0.128. The molecule has 0 unspecified atom stereocenters. The van der Waals surface area contributed by atoms with Crippen molar-refractivity contribution in [2.75, 3.05) is 43.6 Å². The van der Waals surface area contributed by atoms with Gasteiger partial charge in [-0.25, -0.2) is 21.0 Å². The summed E-state index contributed by atoms with van der Waals surface area (Å²) >= 11 is 0. The molecule has 0 aromatic heterocycles. The number of azo groups is 1. The van der Waals surface area contributed by atoms with Gasteiger partial charge in [-0.3, -0.25) is 13.7 Å². The standard InChI is InChI=1S/C19H25N3O14S4.Na/c1-15-14-17(22(8-10-34-38(25,26)27)9-11-35-39(28,29)30)4-7-19(15)21-20-16-2-5-18(6-3-16)37(23,24)13-12-36-40(31,32)33;/h2-7,14H,8-13H2,1H3,(H,25,26,27)(H,28,29,30)(H,31,32,33);. The maximum Gasteiger partial charge on any atom is 0.397 e. The molecule has 0 aliphatic heterocycles. The molecule has 0 fully saturated rings. The predicted molar refractivity (Wildman–Crippen MR) is 144 cm³/mol. The van der Waals surface area contributed by atoms with E-state index in [1.807, 2.05) is 0 Å². The Hall–Kier alpha value is -1.60. The smallest absolute Gasteiger partial charge is 0.367 e. The number of hydrogen-bond donors (Lipinski definition) is 3. The summed E-state index contributed by atoms with van der Waals surface area (Å²) in [4.78, 5) is 1.33. The zero-order valence-electron chi connectivity index (χ0n) is 21.6. The van der Waals surface area contributed by atoms with Gasteiger partial charge in [0.25, 0.3) is 0 Å². The summed E-state index contributed by atoms with van der Waals surface area (Å²) in [6.07, 6.45) is 0. The summed E-state index contributed by atoms with van der Waals surface area (Å²) in [5.41, 5.74) is 1.71. The van der Waals surface area contributed by atoms with Crippen LogP contribution in [-0.2, 0) is 53.6 Å². The summed E-state index contributed by atoms with van der Waals surface area (Å²) in [5, 5.41) is 8.14. The Morgan fingerprint density at radius 2 is 1.20 bits per heavy atom. The topological polar surface area (TPSA) is 253 Å². The number of rotatable bonds is 16. The maximum absolute atomic E-state index is 12.3. The molecule has 22 heteroatoms. The van der Waals surface area contributed by atoms with Crippen molar-refractivity contribution < 1.29 is 59.9 Å². The van der Waals surface area contributed by atoms with Crippen molar-refractivity contribution in [2.45, 2.75) is 11.8 Å². The second kappa shape index (κ2) is 15.7. The molecule has 0 aliphatic carbocycles. The first-order valence-electron chi connectivity index (χ1n) is 10.8. The Labute approximate surface area is 259 Å². The van der Waals surface area contributed by atoms with Crippen molar-refractivity contribution in [3.05, 3.63) is 48.0 Å². The van der Waals surface area contributed by atoms with Gasteiger partial charge < -0.3 is 4.90 Å². The Bertz CT molecular complexity index is 1590. The van der Waals surface area contributed by atoms with Gasteiger partial charge in [-0.15, -0.1) is 0 Å². The molecule has 2 rings (SSSR count). The van der Waals surface area contributed by atoms with Crippen molar-refractivity contribution in [1.82, 2.24) is 0 Å². The zero-order valence-corrected chi connectivity index (χ0v) is 26.9. The fourth-order valence-corrected chi connectivity index (χ4v) is 5.08. The first kappa shape index (κ1) is 37.4. The van der Waals surface area contributed by atoms with E-state index >= 15 is 0 Å². The SMILES string of the molecule is Cc1cc(N(CCOS(=O)(=O)O)CCOS(=O)(=O)O)ccc1N=Nc1ccc(S(=O)(=O)CCOS(=O)(=O)O)cc1.[Na]. The predicted octanol–water partition coefficient (Wildman–Crippen LogP) is 1.07. The van der Waals surface area contributed by atoms with Crippen molar-refractivity contribution >= 4 is 87.7 Å². The molecule has 225 valence electrons. The number of hydrogen-bond acceptors (Lipinski definition) is 14. The summed E-state index contributed by atoms with van der Waals surface area (Å²) < 4.78 is 128. The van der Waals surface area contributed by atoms with E-state index in [2.05, 4.69) is 22.8 Å². The molecular formula is C19H25N3NaO14S4. The van der Waals surface area contributed by atoms with Gasteiger partial charge in [0.15, 0.2) is 9.84 Å². The molecule has 0 aliphatic rings. The zero-order chi connectivity index (χ0) is 30.2. The largest absolute Gasteiger partial charge is 0.397 e. The first-order valence-corrected chi connectivity index (χ1v) is 16.6. The first-order chi connectivity index (χ1) is 18.3. The van der Waals surface area contributed by atoms with E-state index in [1.165, 1.54) is 29.2 Å². The second-order valence-corrected chi connectivity index (χ2v) is 13.1. The molecule has 0 heterocycles. The molecule has 0 saturated heterocycles. The van der Waals surface area contributed by atoms with Crippen LogP contribution in [0.15, 0.2) is 57.6 Å². The van der Waals surface area contributed by atoms with Gasteiger partial charge in [-0.1, -0.05) is 0 Å². The molecule has 0 saturated carbocycles.